The Kier molecular flexibility index (Phi) is 5.09. The lowest BCUT2D eigenvalue weighted by atomic mass is 10.0. The maximum atomic E-state index is 13.6. The Hall–Kier alpha value is -0.740. The van der Waals surface area contributed by atoms with Gasteiger partial charge >= 0.3 is 0 Å². The number of hydrogen-bond donors (Lipinski definition) is 0. The number of Topliss-reactive ketones (excluding diaryl/α,β-unsaturated/α-hetero) is 1. The predicted octanol–water partition coefficient (Wildman–Crippen LogP) is 3.64. The van der Waals surface area contributed by atoms with Crippen molar-refractivity contribution in [3.05, 3.63) is 34.1 Å². The molecule has 0 spiro atoms. The highest BCUT2D eigenvalue weighted by atomic mass is 79.9. The van der Waals surface area contributed by atoms with Crippen molar-refractivity contribution in [1.82, 2.24) is 0 Å². The van der Waals surface area contributed by atoms with E-state index in [4.69, 9.17) is 4.74 Å². The molecule has 1 atom stereocenters. The summed E-state index contributed by atoms with van der Waals surface area (Å²) in [5.41, 5.74) is 0.295. The largest absolute Gasteiger partial charge is 0.366 e. The highest BCUT2D eigenvalue weighted by Crippen LogP contribution is 2.26. The van der Waals surface area contributed by atoms with Gasteiger partial charge in [0.05, 0.1) is 0 Å². The lowest BCUT2D eigenvalue weighted by Gasteiger charge is -2.16. The van der Waals surface area contributed by atoms with Crippen molar-refractivity contribution >= 4 is 21.7 Å². The molecule has 1 rings (SSSR count). The van der Waals surface area contributed by atoms with E-state index in [0.29, 0.717) is 18.6 Å². The zero-order valence-corrected chi connectivity index (χ0v) is 10.9. The average molecular weight is 289 g/mol. The van der Waals surface area contributed by atoms with E-state index in [1.54, 1.807) is 26.0 Å². The number of carbonyl (C=O) groups is 1. The summed E-state index contributed by atoms with van der Waals surface area (Å²) < 4.78 is 19.6. The molecule has 88 valence electrons. The van der Waals surface area contributed by atoms with E-state index in [1.807, 2.05) is 0 Å². The van der Waals surface area contributed by atoms with Crippen LogP contribution in [0.2, 0.25) is 0 Å². The molecule has 16 heavy (non-hydrogen) atoms. The number of halogens is 2. The first-order valence-electron chi connectivity index (χ1n) is 5.19. The molecule has 0 aromatic heterocycles. The van der Waals surface area contributed by atoms with E-state index < -0.39 is 11.9 Å². The van der Waals surface area contributed by atoms with Gasteiger partial charge in [-0.1, -0.05) is 22.9 Å². The Morgan fingerprint density at radius 1 is 1.50 bits per heavy atom. The topological polar surface area (TPSA) is 26.3 Å². The second-order valence-corrected chi connectivity index (χ2v) is 4.24. The molecule has 0 amide bonds. The van der Waals surface area contributed by atoms with Crippen molar-refractivity contribution in [3.8, 4) is 0 Å². The molecule has 0 saturated heterocycles. The first-order valence-corrected chi connectivity index (χ1v) is 5.98. The van der Waals surface area contributed by atoms with Gasteiger partial charge < -0.3 is 4.74 Å². The Morgan fingerprint density at radius 2 is 2.19 bits per heavy atom. The Labute approximate surface area is 103 Å². The molecule has 1 aromatic carbocycles. The summed E-state index contributed by atoms with van der Waals surface area (Å²) in [7, 11) is 0. The van der Waals surface area contributed by atoms with Gasteiger partial charge in [0.1, 0.15) is 11.9 Å². The van der Waals surface area contributed by atoms with Gasteiger partial charge in [0.15, 0.2) is 5.78 Å². The summed E-state index contributed by atoms with van der Waals surface area (Å²) >= 11 is 3.25. The summed E-state index contributed by atoms with van der Waals surface area (Å²) in [6.45, 7) is 3.90. The summed E-state index contributed by atoms with van der Waals surface area (Å²) in [5.74, 6) is -0.526. The molecule has 0 aliphatic heterocycles. The quantitative estimate of drug-likeness (QED) is 0.827. The van der Waals surface area contributed by atoms with Crippen molar-refractivity contribution in [2.75, 3.05) is 6.61 Å². The van der Waals surface area contributed by atoms with Gasteiger partial charge in [0, 0.05) is 23.1 Å². The molecule has 0 saturated carbocycles. The summed E-state index contributed by atoms with van der Waals surface area (Å²) in [5, 5.41) is 0. The molecule has 0 fully saturated rings. The van der Waals surface area contributed by atoms with Gasteiger partial charge in [-0.25, -0.2) is 4.39 Å². The molecule has 0 radical (unpaired) electrons. The second kappa shape index (κ2) is 6.11. The fourth-order valence-electron chi connectivity index (χ4n) is 1.42. The summed E-state index contributed by atoms with van der Waals surface area (Å²) in [4.78, 5) is 11.7. The normalized spacial score (nSPS) is 12.5. The lowest BCUT2D eigenvalue weighted by molar-refractivity contribution is -0.130. The van der Waals surface area contributed by atoms with Crippen molar-refractivity contribution in [1.29, 1.82) is 0 Å². The third-order valence-corrected chi connectivity index (χ3v) is 2.71. The predicted molar refractivity (Wildman–Crippen MR) is 63.8 cm³/mol. The van der Waals surface area contributed by atoms with Crippen LogP contribution in [0, 0.1) is 5.82 Å². The Morgan fingerprint density at radius 3 is 2.75 bits per heavy atom. The first kappa shape index (κ1) is 13.3. The van der Waals surface area contributed by atoms with Gasteiger partial charge in [-0.15, -0.1) is 0 Å². The minimum absolute atomic E-state index is 0.112. The number of carbonyl (C=O) groups excluding carboxylic acids is 1. The van der Waals surface area contributed by atoms with Crippen molar-refractivity contribution in [2.45, 2.75) is 26.4 Å². The molecule has 1 unspecified atom stereocenters. The maximum absolute atomic E-state index is 13.6. The molecule has 0 aliphatic rings. The Bertz CT molecular complexity index is 379. The number of rotatable bonds is 5. The molecule has 0 aliphatic carbocycles. The molecule has 2 nitrogen and oxygen atoms in total. The Balaban J connectivity index is 3.09. The maximum Gasteiger partial charge on any atom is 0.165 e. The van der Waals surface area contributed by atoms with E-state index in [0.717, 1.165) is 4.47 Å². The van der Waals surface area contributed by atoms with Gasteiger partial charge in [-0.05, 0) is 25.1 Å². The van der Waals surface area contributed by atoms with E-state index >= 15 is 0 Å². The summed E-state index contributed by atoms with van der Waals surface area (Å²) in [6.07, 6.45) is -0.469. The third kappa shape index (κ3) is 3.12. The number of ether oxygens (including phenoxy) is 1. The molecule has 0 bridgehead atoms. The van der Waals surface area contributed by atoms with Gasteiger partial charge in [0.25, 0.3) is 0 Å². The standard InChI is InChI=1S/C12H14BrFO2/c1-3-11(15)12(16-4-2)9-7-8(13)5-6-10(9)14/h5-7,12H,3-4H2,1-2H3. The molecule has 0 heterocycles. The third-order valence-electron chi connectivity index (χ3n) is 2.21. The molecule has 4 heteroatoms. The fourth-order valence-corrected chi connectivity index (χ4v) is 1.80. The summed E-state index contributed by atoms with van der Waals surface area (Å²) in [6, 6.07) is 4.51. The number of hydrogen-bond acceptors (Lipinski definition) is 2. The molecule has 1 aromatic rings. The van der Waals surface area contributed by atoms with Gasteiger partial charge in [-0.3, -0.25) is 4.79 Å². The molecular formula is C12H14BrFO2. The second-order valence-electron chi connectivity index (χ2n) is 3.32. The van der Waals surface area contributed by atoms with E-state index in [-0.39, 0.29) is 5.78 Å². The fraction of sp³-hybridized carbons (Fsp3) is 0.417. The van der Waals surface area contributed by atoms with Crippen LogP contribution in [0.1, 0.15) is 31.9 Å². The number of ketones is 1. The van der Waals surface area contributed by atoms with Crippen LogP contribution < -0.4 is 0 Å². The van der Waals surface area contributed by atoms with Crippen LogP contribution in [0.15, 0.2) is 22.7 Å². The minimum Gasteiger partial charge on any atom is -0.366 e. The highest BCUT2D eigenvalue weighted by molar-refractivity contribution is 9.10. The van der Waals surface area contributed by atoms with Crippen LogP contribution in [0.5, 0.6) is 0 Å². The zero-order valence-electron chi connectivity index (χ0n) is 9.30. The van der Waals surface area contributed by atoms with Crippen LogP contribution in [-0.4, -0.2) is 12.4 Å². The van der Waals surface area contributed by atoms with Crippen molar-refractivity contribution in [3.63, 3.8) is 0 Å². The van der Waals surface area contributed by atoms with Crippen molar-refractivity contribution in [2.24, 2.45) is 0 Å². The molecule has 0 N–H and O–H groups in total. The van der Waals surface area contributed by atoms with Crippen LogP contribution in [-0.2, 0) is 9.53 Å². The number of benzene rings is 1. The average Bonchev–Trinajstić information content (AvgIpc) is 2.28. The van der Waals surface area contributed by atoms with Crippen LogP contribution in [0.3, 0.4) is 0 Å². The minimum atomic E-state index is -0.799. The van der Waals surface area contributed by atoms with Crippen LogP contribution >= 0.6 is 15.9 Å². The SMILES string of the molecule is CCOC(C(=O)CC)c1cc(Br)ccc1F. The van der Waals surface area contributed by atoms with Gasteiger partial charge in [0.2, 0.25) is 0 Å². The van der Waals surface area contributed by atoms with Gasteiger partial charge in [-0.2, -0.15) is 0 Å². The smallest absolute Gasteiger partial charge is 0.165 e. The van der Waals surface area contributed by atoms with E-state index in [1.165, 1.54) is 6.07 Å². The first-order chi connectivity index (χ1) is 7.60. The highest BCUT2D eigenvalue weighted by Gasteiger charge is 2.22. The molecular weight excluding hydrogens is 275 g/mol. The van der Waals surface area contributed by atoms with Crippen LogP contribution in [0.25, 0.3) is 0 Å². The van der Waals surface area contributed by atoms with Crippen molar-refractivity contribution < 1.29 is 13.9 Å². The zero-order chi connectivity index (χ0) is 12.1. The monoisotopic (exact) mass is 288 g/mol. The van der Waals surface area contributed by atoms with E-state index in [9.17, 15) is 9.18 Å². The van der Waals surface area contributed by atoms with E-state index in [2.05, 4.69) is 15.9 Å². The van der Waals surface area contributed by atoms with Crippen LogP contribution in [0.4, 0.5) is 4.39 Å². The lowest BCUT2D eigenvalue weighted by Crippen LogP contribution is -2.16.